The van der Waals surface area contributed by atoms with Crippen LogP contribution in [0.3, 0.4) is 0 Å². The van der Waals surface area contributed by atoms with Crippen molar-refractivity contribution >= 4 is 5.69 Å². The lowest BCUT2D eigenvalue weighted by Gasteiger charge is -2.30. The zero-order chi connectivity index (χ0) is 27.9. The van der Waals surface area contributed by atoms with Gasteiger partial charge in [-0.05, 0) is 65.9 Å². The van der Waals surface area contributed by atoms with Crippen LogP contribution in [0.4, 0.5) is 18.9 Å². The van der Waals surface area contributed by atoms with E-state index in [4.69, 9.17) is 4.74 Å². The Kier molecular flexibility index (Phi) is 7.02. The minimum Gasteiger partial charge on any atom is -0.497 e. The molecule has 3 aromatic carbocycles. The molecule has 0 aliphatic carbocycles. The fourth-order valence-corrected chi connectivity index (χ4v) is 5.79. The van der Waals surface area contributed by atoms with Gasteiger partial charge in [-0.25, -0.2) is 4.68 Å². The van der Waals surface area contributed by atoms with E-state index in [2.05, 4.69) is 39.2 Å². The van der Waals surface area contributed by atoms with Gasteiger partial charge in [0.1, 0.15) is 5.75 Å². The Morgan fingerprint density at radius 1 is 0.950 bits per heavy atom. The summed E-state index contributed by atoms with van der Waals surface area (Å²) in [5, 5.41) is 13.9. The minimum absolute atomic E-state index is 0.257. The third kappa shape index (κ3) is 5.19. The number of rotatable bonds is 6. The molecule has 1 fully saturated rings. The zero-order valence-corrected chi connectivity index (χ0v) is 22.2. The summed E-state index contributed by atoms with van der Waals surface area (Å²) in [6.45, 7) is 3.14. The molecule has 0 amide bonds. The number of likely N-dealkylation sites (tertiary alicyclic amines) is 1. The second-order valence-electron chi connectivity index (χ2n) is 10.4. The van der Waals surface area contributed by atoms with E-state index < -0.39 is 11.9 Å². The summed E-state index contributed by atoms with van der Waals surface area (Å²) in [5.41, 5.74) is 4.94. The number of hydrogen-bond acceptors (Lipinski definition) is 5. The summed E-state index contributed by atoms with van der Waals surface area (Å²) in [4.78, 5) is 4.37. The van der Waals surface area contributed by atoms with E-state index in [9.17, 15) is 18.3 Å². The number of fused-ring (bicyclic) bond motifs is 1. The smallest absolute Gasteiger partial charge is 0.435 e. The normalized spacial score (nSPS) is 17.7. The number of aliphatic hydroxyl groups excluding tert-OH is 1. The van der Waals surface area contributed by atoms with Gasteiger partial charge in [0.15, 0.2) is 5.69 Å². The highest BCUT2D eigenvalue weighted by atomic mass is 19.4. The van der Waals surface area contributed by atoms with Crippen molar-refractivity contribution < 1.29 is 23.0 Å². The first-order valence-corrected chi connectivity index (χ1v) is 13.5. The lowest BCUT2D eigenvalue weighted by molar-refractivity contribution is -0.142. The summed E-state index contributed by atoms with van der Waals surface area (Å²) >= 11 is 0. The Labute approximate surface area is 231 Å². The molecule has 1 atom stereocenters. The van der Waals surface area contributed by atoms with Crippen LogP contribution in [0.5, 0.6) is 5.75 Å². The van der Waals surface area contributed by atoms with Crippen LogP contribution in [-0.2, 0) is 25.7 Å². The largest absolute Gasteiger partial charge is 0.497 e. The maximum atomic E-state index is 13.9. The van der Waals surface area contributed by atoms with Crippen molar-refractivity contribution in [2.45, 2.75) is 38.2 Å². The van der Waals surface area contributed by atoms with Crippen LogP contribution < -0.4 is 9.64 Å². The summed E-state index contributed by atoms with van der Waals surface area (Å²) in [6.07, 6.45) is -3.72. The summed E-state index contributed by atoms with van der Waals surface area (Å²) in [6, 6.07) is 23.4. The number of aliphatic hydroxyl groups is 1. The zero-order valence-electron chi connectivity index (χ0n) is 22.2. The van der Waals surface area contributed by atoms with Gasteiger partial charge >= 0.3 is 6.18 Å². The molecule has 9 heteroatoms. The number of aromatic nitrogens is 2. The first-order chi connectivity index (χ1) is 19.3. The van der Waals surface area contributed by atoms with Crippen molar-refractivity contribution in [2.75, 3.05) is 31.6 Å². The average Bonchev–Trinajstić information content (AvgIpc) is 3.56. The fourth-order valence-electron chi connectivity index (χ4n) is 5.79. The lowest BCUT2D eigenvalue weighted by atomic mass is 9.98. The Morgan fingerprint density at radius 3 is 2.35 bits per heavy atom. The molecule has 4 aromatic rings. The Hall–Kier alpha value is -3.82. The van der Waals surface area contributed by atoms with Crippen LogP contribution in [0, 0.1) is 0 Å². The molecule has 3 heterocycles. The van der Waals surface area contributed by atoms with Gasteiger partial charge in [0.05, 0.1) is 31.1 Å². The molecule has 1 saturated heterocycles. The number of hydrogen-bond donors (Lipinski definition) is 1. The van der Waals surface area contributed by atoms with Gasteiger partial charge in [-0.3, -0.25) is 4.90 Å². The van der Waals surface area contributed by atoms with Crippen LogP contribution in [0.2, 0.25) is 0 Å². The summed E-state index contributed by atoms with van der Waals surface area (Å²) < 4.78 is 48.3. The predicted octanol–water partition coefficient (Wildman–Crippen LogP) is 5.70. The number of halogens is 3. The number of nitrogens with zero attached hydrogens (tertiary/aromatic N) is 4. The standard InChI is InChI=1S/C31H31F3N4O2/c1-40-26-12-10-24(11-13-26)38-29-20-37(17-15-28(29)30(35-38)31(32,33)34)23-8-6-21(7-9-23)27-5-3-2-4-22(27)18-36-16-14-25(39)19-36/h2-13,25,39H,14-20H2,1H3/t25-/m0/s1. The molecule has 1 aromatic heterocycles. The third-order valence-electron chi connectivity index (χ3n) is 7.85. The molecular weight excluding hydrogens is 517 g/mol. The van der Waals surface area contributed by atoms with Crippen molar-refractivity contribution in [2.24, 2.45) is 0 Å². The van der Waals surface area contributed by atoms with Gasteiger partial charge in [0, 0.05) is 37.4 Å². The van der Waals surface area contributed by atoms with Crippen molar-refractivity contribution in [3.05, 3.63) is 95.3 Å². The number of ether oxygens (including phenoxy) is 1. The number of benzene rings is 3. The minimum atomic E-state index is -4.52. The molecule has 6 rings (SSSR count). The fraction of sp³-hybridized carbons (Fsp3) is 0.323. The number of methoxy groups -OCH3 is 1. The molecule has 2 aliphatic heterocycles. The first kappa shape index (κ1) is 26.4. The van der Waals surface area contributed by atoms with E-state index in [1.165, 1.54) is 10.2 Å². The van der Waals surface area contributed by atoms with Gasteiger partial charge in [0.2, 0.25) is 0 Å². The van der Waals surface area contributed by atoms with Crippen LogP contribution in [0.15, 0.2) is 72.8 Å². The number of β-amino-alcohol motifs (C(OH)–C–C–N with tert-alkyl or cyclic N) is 1. The second-order valence-corrected chi connectivity index (χ2v) is 10.4. The van der Waals surface area contributed by atoms with E-state index in [1.54, 1.807) is 31.4 Å². The maximum absolute atomic E-state index is 13.9. The molecule has 0 unspecified atom stereocenters. The van der Waals surface area contributed by atoms with Crippen molar-refractivity contribution in [3.8, 4) is 22.6 Å². The van der Waals surface area contributed by atoms with Gasteiger partial charge in [-0.2, -0.15) is 18.3 Å². The van der Waals surface area contributed by atoms with Crippen LogP contribution in [0.25, 0.3) is 16.8 Å². The molecule has 0 spiro atoms. The monoisotopic (exact) mass is 548 g/mol. The predicted molar refractivity (Wildman–Crippen MR) is 148 cm³/mol. The molecule has 208 valence electrons. The Morgan fingerprint density at radius 2 is 1.68 bits per heavy atom. The Balaban J connectivity index is 1.27. The highest BCUT2D eigenvalue weighted by Gasteiger charge is 2.40. The topological polar surface area (TPSA) is 53.8 Å². The highest BCUT2D eigenvalue weighted by molar-refractivity contribution is 5.69. The highest BCUT2D eigenvalue weighted by Crippen LogP contribution is 2.37. The van der Waals surface area contributed by atoms with Crippen LogP contribution in [-0.4, -0.2) is 52.6 Å². The molecule has 0 saturated carbocycles. The number of anilines is 1. The van der Waals surface area contributed by atoms with Crippen molar-refractivity contribution in [3.63, 3.8) is 0 Å². The lowest BCUT2D eigenvalue weighted by Crippen LogP contribution is -2.31. The molecule has 2 aliphatic rings. The molecule has 0 bridgehead atoms. The van der Waals surface area contributed by atoms with Gasteiger partial charge < -0.3 is 14.7 Å². The van der Waals surface area contributed by atoms with E-state index in [-0.39, 0.29) is 18.1 Å². The summed E-state index contributed by atoms with van der Waals surface area (Å²) in [7, 11) is 1.55. The SMILES string of the molecule is COc1ccc(-n2nc(C(F)(F)F)c3c2CN(c2ccc(-c4ccccc4CN4CC[C@H](O)C4)cc2)CC3)cc1. The third-order valence-corrected chi connectivity index (χ3v) is 7.85. The number of alkyl halides is 3. The molecule has 1 N–H and O–H groups in total. The summed E-state index contributed by atoms with van der Waals surface area (Å²) in [5.74, 6) is 0.627. The van der Waals surface area contributed by atoms with E-state index >= 15 is 0 Å². The van der Waals surface area contributed by atoms with E-state index in [0.29, 0.717) is 36.8 Å². The Bertz CT molecular complexity index is 1480. The molecule has 40 heavy (non-hydrogen) atoms. The molecule has 6 nitrogen and oxygen atoms in total. The molecular formula is C31H31F3N4O2. The molecule has 0 radical (unpaired) electrons. The van der Waals surface area contributed by atoms with E-state index in [1.807, 2.05) is 24.3 Å². The van der Waals surface area contributed by atoms with Crippen molar-refractivity contribution in [1.82, 2.24) is 14.7 Å². The quantitative estimate of drug-likeness (QED) is 0.335. The van der Waals surface area contributed by atoms with E-state index in [0.717, 1.165) is 36.3 Å². The average molecular weight is 549 g/mol. The first-order valence-electron chi connectivity index (χ1n) is 13.5. The van der Waals surface area contributed by atoms with Crippen LogP contribution in [0.1, 0.15) is 28.9 Å². The van der Waals surface area contributed by atoms with Gasteiger partial charge in [0.25, 0.3) is 0 Å². The van der Waals surface area contributed by atoms with Crippen LogP contribution >= 0.6 is 0 Å². The second kappa shape index (κ2) is 10.6. The van der Waals surface area contributed by atoms with Gasteiger partial charge in [-0.15, -0.1) is 0 Å². The van der Waals surface area contributed by atoms with Crippen molar-refractivity contribution in [1.29, 1.82) is 0 Å². The maximum Gasteiger partial charge on any atom is 0.435 e. The van der Waals surface area contributed by atoms with Gasteiger partial charge in [-0.1, -0.05) is 36.4 Å².